The minimum absolute atomic E-state index is 0. The molecule has 25 heavy (non-hydrogen) atoms. The van der Waals surface area contributed by atoms with Gasteiger partial charge in [0.05, 0.1) is 5.56 Å². The Morgan fingerprint density at radius 3 is 2.40 bits per heavy atom. The van der Waals surface area contributed by atoms with Crippen molar-refractivity contribution in [1.29, 1.82) is 0 Å². The lowest BCUT2D eigenvalue weighted by atomic mass is 10.0. The molecule has 3 aromatic rings. The van der Waals surface area contributed by atoms with Crippen molar-refractivity contribution in [3.63, 3.8) is 0 Å². The average Bonchev–Trinajstić information content (AvgIpc) is 2.91. The van der Waals surface area contributed by atoms with Gasteiger partial charge in [-0.2, -0.15) is 0 Å². The molecule has 130 valence electrons. The first-order chi connectivity index (χ1) is 11.5. The molecule has 3 amide bonds. The van der Waals surface area contributed by atoms with E-state index in [9.17, 15) is 9.59 Å². The van der Waals surface area contributed by atoms with Crippen LogP contribution in [0.15, 0.2) is 42.5 Å². The number of urea groups is 1. The van der Waals surface area contributed by atoms with E-state index in [2.05, 4.69) is 10.3 Å². The summed E-state index contributed by atoms with van der Waals surface area (Å²) in [5, 5.41) is 3.00. The number of anilines is 1. The molecule has 0 fully saturated rings. The lowest BCUT2D eigenvalue weighted by Crippen LogP contribution is -2.22. The first-order valence-corrected chi connectivity index (χ1v) is 7.31. The van der Waals surface area contributed by atoms with Crippen molar-refractivity contribution in [2.24, 2.45) is 17.2 Å². The predicted molar refractivity (Wildman–Crippen MR) is 101 cm³/mol. The third kappa shape index (κ3) is 3.57. The molecule has 0 radical (unpaired) electrons. The molecule has 0 atom stereocenters. The summed E-state index contributed by atoms with van der Waals surface area (Å²) in [7, 11) is 0. The lowest BCUT2D eigenvalue weighted by Gasteiger charge is -2.04. The highest BCUT2D eigenvalue weighted by molar-refractivity contribution is 6.13. The lowest BCUT2D eigenvalue weighted by molar-refractivity contribution is 0.100. The maximum atomic E-state index is 11.7. The normalized spacial score (nSPS) is 10.3. The van der Waals surface area contributed by atoms with Gasteiger partial charge in [-0.15, -0.1) is 12.4 Å². The van der Waals surface area contributed by atoms with Crippen LogP contribution in [0.25, 0.3) is 22.0 Å². The van der Waals surface area contributed by atoms with Crippen LogP contribution in [0.3, 0.4) is 0 Å². The Balaban J connectivity index is 0.00000225. The van der Waals surface area contributed by atoms with Gasteiger partial charge in [0, 0.05) is 17.4 Å². The van der Waals surface area contributed by atoms with Crippen molar-refractivity contribution in [1.82, 2.24) is 4.98 Å². The van der Waals surface area contributed by atoms with Gasteiger partial charge in [-0.3, -0.25) is 10.1 Å². The molecule has 0 unspecified atom stereocenters. The Morgan fingerprint density at radius 1 is 1.04 bits per heavy atom. The SMILES string of the molecule is Cl.NCc1cccc(-c2ccc3c(C(N)=O)c(NC(N)=O)[nH]c3c2)c1. The molecule has 1 aromatic heterocycles. The van der Waals surface area contributed by atoms with E-state index in [1.54, 1.807) is 6.07 Å². The third-order valence-electron chi connectivity index (χ3n) is 3.79. The van der Waals surface area contributed by atoms with Crippen LogP contribution < -0.4 is 22.5 Å². The van der Waals surface area contributed by atoms with Gasteiger partial charge in [-0.1, -0.05) is 30.3 Å². The fourth-order valence-corrected chi connectivity index (χ4v) is 2.73. The smallest absolute Gasteiger partial charge is 0.317 e. The fraction of sp³-hybridized carbons (Fsp3) is 0.0588. The Labute approximate surface area is 150 Å². The Kier molecular flexibility index (Phi) is 5.31. The van der Waals surface area contributed by atoms with Crippen molar-refractivity contribution in [2.75, 3.05) is 5.32 Å². The monoisotopic (exact) mass is 359 g/mol. The van der Waals surface area contributed by atoms with Crippen molar-refractivity contribution in [2.45, 2.75) is 6.54 Å². The van der Waals surface area contributed by atoms with Crippen LogP contribution in [-0.4, -0.2) is 16.9 Å². The molecule has 8 N–H and O–H groups in total. The average molecular weight is 360 g/mol. The van der Waals surface area contributed by atoms with Crippen molar-refractivity contribution in [3.05, 3.63) is 53.6 Å². The first-order valence-electron chi connectivity index (χ1n) is 7.31. The number of benzene rings is 2. The fourth-order valence-electron chi connectivity index (χ4n) is 2.73. The summed E-state index contributed by atoms with van der Waals surface area (Å²) in [6, 6.07) is 12.6. The number of carbonyl (C=O) groups excluding carboxylic acids is 2. The van der Waals surface area contributed by atoms with E-state index < -0.39 is 11.9 Å². The molecule has 0 saturated carbocycles. The van der Waals surface area contributed by atoms with Crippen molar-refractivity contribution >= 4 is 41.1 Å². The minimum atomic E-state index is -0.778. The van der Waals surface area contributed by atoms with Crippen LogP contribution in [0.5, 0.6) is 0 Å². The first kappa shape index (κ1) is 18.3. The van der Waals surface area contributed by atoms with E-state index in [-0.39, 0.29) is 23.8 Å². The summed E-state index contributed by atoms with van der Waals surface area (Å²) < 4.78 is 0. The molecular weight excluding hydrogens is 342 g/mol. The van der Waals surface area contributed by atoms with E-state index in [0.29, 0.717) is 17.4 Å². The second kappa shape index (κ2) is 7.25. The number of halogens is 1. The van der Waals surface area contributed by atoms with Gasteiger partial charge in [-0.25, -0.2) is 4.79 Å². The minimum Gasteiger partial charge on any atom is -0.365 e. The number of primary amides is 2. The number of rotatable bonds is 4. The Hall–Kier alpha value is -3.03. The number of aromatic amines is 1. The molecule has 0 aliphatic rings. The molecule has 3 rings (SSSR count). The molecule has 8 heteroatoms. The number of nitrogens with one attached hydrogen (secondary N) is 2. The van der Waals surface area contributed by atoms with Crippen LogP contribution in [0.2, 0.25) is 0 Å². The summed E-state index contributed by atoms with van der Waals surface area (Å²) in [6.45, 7) is 0.455. The zero-order valence-corrected chi connectivity index (χ0v) is 14.0. The second-order valence-electron chi connectivity index (χ2n) is 5.39. The van der Waals surface area contributed by atoms with Gasteiger partial charge in [0.25, 0.3) is 5.91 Å². The van der Waals surface area contributed by atoms with Crippen LogP contribution in [0, 0.1) is 0 Å². The topological polar surface area (TPSA) is 140 Å². The van der Waals surface area contributed by atoms with Gasteiger partial charge in [0.15, 0.2) is 0 Å². The summed E-state index contributed by atoms with van der Waals surface area (Å²) >= 11 is 0. The third-order valence-corrected chi connectivity index (χ3v) is 3.79. The van der Waals surface area contributed by atoms with Crippen LogP contribution in [0.1, 0.15) is 15.9 Å². The predicted octanol–water partition coefficient (Wildman–Crippen LogP) is 2.30. The number of aromatic nitrogens is 1. The molecule has 1 heterocycles. The van der Waals surface area contributed by atoms with Gasteiger partial charge >= 0.3 is 6.03 Å². The maximum absolute atomic E-state index is 11.7. The summed E-state index contributed by atoms with van der Waals surface area (Å²) in [5.74, 6) is -0.458. The van der Waals surface area contributed by atoms with E-state index in [4.69, 9.17) is 17.2 Å². The quantitative estimate of drug-likeness (QED) is 0.488. The second-order valence-corrected chi connectivity index (χ2v) is 5.39. The molecule has 0 aliphatic carbocycles. The molecule has 7 nitrogen and oxygen atoms in total. The van der Waals surface area contributed by atoms with Gasteiger partial charge in [-0.05, 0) is 28.8 Å². The van der Waals surface area contributed by atoms with Gasteiger partial charge in [0.2, 0.25) is 0 Å². The maximum Gasteiger partial charge on any atom is 0.317 e. The summed E-state index contributed by atoms with van der Waals surface area (Å²) in [5.41, 5.74) is 20.1. The molecule has 0 aliphatic heterocycles. The van der Waals surface area contributed by atoms with Crippen molar-refractivity contribution < 1.29 is 9.59 Å². The van der Waals surface area contributed by atoms with Crippen molar-refractivity contribution in [3.8, 4) is 11.1 Å². The van der Waals surface area contributed by atoms with Crippen LogP contribution >= 0.6 is 12.4 Å². The number of hydrogen-bond acceptors (Lipinski definition) is 3. The van der Waals surface area contributed by atoms with E-state index in [1.165, 1.54) is 0 Å². The highest BCUT2D eigenvalue weighted by Crippen LogP contribution is 2.30. The Morgan fingerprint density at radius 2 is 1.76 bits per heavy atom. The van der Waals surface area contributed by atoms with E-state index in [1.807, 2.05) is 36.4 Å². The summed E-state index contributed by atoms with van der Waals surface area (Å²) in [4.78, 5) is 25.8. The Bertz CT molecular complexity index is 951. The molecule has 0 bridgehead atoms. The molecular formula is C17H18ClN5O2. The molecule has 2 aromatic carbocycles. The number of H-pyrrole nitrogens is 1. The summed E-state index contributed by atoms with van der Waals surface area (Å²) in [6.07, 6.45) is 0. The number of fused-ring (bicyclic) bond motifs is 1. The highest BCUT2D eigenvalue weighted by Gasteiger charge is 2.17. The zero-order chi connectivity index (χ0) is 17.3. The van der Waals surface area contributed by atoms with Gasteiger partial charge in [0.1, 0.15) is 5.82 Å². The number of hydrogen-bond donors (Lipinski definition) is 5. The van der Waals surface area contributed by atoms with Gasteiger partial charge < -0.3 is 22.2 Å². The molecule has 0 saturated heterocycles. The number of amides is 3. The van der Waals surface area contributed by atoms with Crippen LogP contribution in [-0.2, 0) is 6.54 Å². The van der Waals surface area contributed by atoms with E-state index in [0.717, 1.165) is 16.7 Å². The number of carbonyl (C=O) groups is 2. The highest BCUT2D eigenvalue weighted by atomic mass is 35.5. The van der Waals surface area contributed by atoms with Crippen LogP contribution in [0.4, 0.5) is 10.6 Å². The van der Waals surface area contributed by atoms with E-state index >= 15 is 0 Å². The largest absolute Gasteiger partial charge is 0.365 e. The standard InChI is InChI=1S/C17H17N5O2.ClH/c18-8-9-2-1-3-10(6-9)11-4-5-12-13(7-11)21-16(22-17(20)24)14(12)15(19)23;/h1-7,21H,8,18H2,(H2,19,23)(H3,20,22,24);1H. The number of nitrogens with two attached hydrogens (primary N) is 3. The molecule has 0 spiro atoms. The zero-order valence-electron chi connectivity index (χ0n) is 13.2.